The van der Waals surface area contributed by atoms with Crippen molar-refractivity contribution in [2.75, 3.05) is 19.5 Å². The summed E-state index contributed by atoms with van der Waals surface area (Å²) < 4.78 is 30.5. The highest BCUT2D eigenvalue weighted by Gasteiger charge is 2.24. The summed E-state index contributed by atoms with van der Waals surface area (Å²) >= 11 is 0. The molecule has 0 fully saturated rings. The third-order valence-corrected chi connectivity index (χ3v) is 4.66. The highest BCUT2D eigenvalue weighted by molar-refractivity contribution is 7.91. The number of nitrogens with one attached hydrogen (secondary N) is 1. The molecule has 0 unspecified atom stereocenters. The van der Waals surface area contributed by atoms with Gasteiger partial charge in [0.2, 0.25) is 9.84 Å². The molecule has 0 aliphatic carbocycles. The number of benzene rings is 2. The second-order valence-electron chi connectivity index (χ2n) is 3.90. The van der Waals surface area contributed by atoms with E-state index in [1.54, 1.807) is 55.6 Å². The Bertz CT molecular complexity index is 627. The minimum Gasteiger partial charge on any atom is -0.495 e. The monoisotopic (exact) mass is 277 g/mol. The predicted octanol–water partition coefficient (Wildman–Crippen LogP) is 2.57. The molecule has 0 aliphatic rings. The van der Waals surface area contributed by atoms with Crippen LogP contribution in [0.4, 0.5) is 5.69 Å². The number of rotatable bonds is 4. The molecular weight excluding hydrogens is 262 g/mol. The van der Waals surface area contributed by atoms with Gasteiger partial charge < -0.3 is 10.1 Å². The van der Waals surface area contributed by atoms with Crippen LogP contribution >= 0.6 is 0 Å². The predicted molar refractivity (Wildman–Crippen MR) is 74.4 cm³/mol. The summed E-state index contributed by atoms with van der Waals surface area (Å²) in [6.07, 6.45) is 0. The first-order valence-electron chi connectivity index (χ1n) is 5.76. The molecular formula is C14H15NO3S. The first-order valence-corrected chi connectivity index (χ1v) is 7.24. The topological polar surface area (TPSA) is 55.4 Å². The number of para-hydroxylation sites is 2. The number of hydrogen-bond acceptors (Lipinski definition) is 4. The van der Waals surface area contributed by atoms with Crippen molar-refractivity contribution in [3.63, 3.8) is 0 Å². The van der Waals surface area contributed by atoms with Crippen LogP contribution in [0.25, 0.3) is 0 Å². The molecule has 2 rings (SSSR count). The van der Waals surface area contributed by atoms with E-state index in [1.165, 1.54) is 7.11 Å². The smallest absolute Gasteiger partial charge is 0.212 e. The lowest BCUT2D eigenvalue weighted by Gasteiger charge is -2.12. The molecule has 5 heteroatoms. The van der Waals surface area contributed by atoms with Crippen LogP contribution in [0.1, 0.15) is 0 Å². The Morgan fingerprint density at radius 1 is 0.947 bits per heavy atom. The van der Waals surface area contributed by atoms with Gasteiger partial charge in [0.25, 0.3) is 0 Å². The van der Waals surface area contributed by atoms with Crippen molar-refractivity contribution in [1.29, 1.82) is 0 Å². The quantitative estimate of drug-likeness (QED) is 0.933. The van der Waals surface area contributed by atoms with E-state index in [4.69, 9.17) is 4.74 Å². The second-order valence-corrected chi connectivity index (χ2v) is 5.79. The third-order valence-electron chi connectivity index (χ3n) is 2.80. The van der Waals surface area contributed by atoms with E-state index in [9.17, 15) is 8.42 Å². The Balaban J connectivity index is 2.66. The zero-order chi connectivity index (χ0) is 13.9. The zero-order valence-electron chi connectivity index (χ0n) is 10.8. The molecule has 0 spiro atoms. The average molecular weight is 277 g/mol. The molecule has 0 amide bonds. The van der Waals surface area contributed by atoms with Crippen LogP contribution in [0, 0.1) is 0 Å². The molecule has 19 heavy (non-hydrogen) atoms. The van der Waals surface area contributed by atoms with Gasteiger partial charge in [0.05, 0.1) is 17.7 Å². The Hall–Kier alpha value is -2.01. The van der Waals surface area contributed by atoms with Gasteiger partial charge in [0, 0.05) is 7.05 Å². The van der Waals surface area contributed by atoms with Crippen molar-refractivity contribution in [2.45, 2.75) is 9.79 Å². The van der Waals surface area contributed by atoms with Crippen LogP contribution in [0.3, 0.4) is 0 Å². The van der Waals surface area contributed by atoms with Crippen LogP contribution < -0.4 is 10.1 Å². The van der Waals surface area contributed by atoms with Crippen LogP contribution in [0.5, 0.6) is 5.75 Å². The van der Waals surface area contributed by atoms with Gasteiger partial charge >= 0.3 is 0 Å². The fraction of sp³-hybridized carbons (Fsp3) is 0.143. The van der Waals surface area contributed by atoms with Crippen molar-refractivity contribution in [3.8, 4) is 5.75 Å². The Labute approximate surface area is 113 Å². The lowest BCUT2D eigenvalue weighted by Crippen LogP contribution is -2.07. The van der Waals surface area contributed by atoms with Crippen LogP contribution in [0.15, 0.2) is 58.3 Å². The minimum absolute atomic E-state index is 0.167. The molecule has 0 aromatic heterocycles. The molecule has 1 N–H and O–H groups in total. The zero-order valence-corrected chi connectivity index (χ0v) is 11.6. The van der Waals surface area contributed by atoms with E-state index in [-0.39, 0.29) is 9.79 Å². The standard InChI is InChI=1S/C14H15NO3S/c1-15-11-7-3-5-9-13(11)19(16,17)14-10-6-4-8-12(14)18-2/h3-10,15H,1-2H3. The Morgan fingerprint density at radius 2 is 1.53 bits per heavy atom. The SMILES string of the molecule is CNc1ccccc1S(=O)(=O)c1ccccc1OC. The van der Waals surface area contributed by atoms with Crippen molar-refractivity contribution >= 4 is 15.5 Å². The largest absolute Gasteiger partial charge is 0.495 e. The molecule has 0 bridgehead atoms. The maximum absolute atomic E-state index is 12.7. The molecule has 0 heterocycles. The maximum Gasteiger partial charge on any atom is 0.212 e. The first kappa shape index (κ1) is 13.4. The summed E-state index contributed by atoms with van der Waals surface area (Å²) in [5.41, 5.74) is 0.563. The fourth-order valence-electron chi connectivity index (χ4n) is 1.87. The van der Waals surface area contributed by atoms with Crippen LogP contribution in [-0.2, 0) is 9.84 Å². The summed E-state index contributed by atoms with van der Waals surface area (Å²) in [7, 11) is -0.464. The number of anilines is 1. The van der Waals surface area contributed by atoms with Crippen molar-refractivity contribution in [3.05, 3.63) is 48.5 Å². The molecule has 100 valence electrons. The summed E-state index contributed by atoms with van der Waals surface area (Å²) in [6.45, 7) is 0. The Morgan fingerprint density at radius 3 is 2.16 bits per heavy atom. The summed E-state index contributed by atoms with van der Waals surface area (Å²) in [4.78, 5) is 0.405. The molecule has 0 radical (unpaired) electrons. The molecule has 4 nitrogen and oxygen atoms in total. The van der Waals surface area contributed by atoms with Gasteiger partial charge in [-0.25, -0.2) is 8.42 Å². The van der Waals surface area contributed by atoms with E-state index in [0.29, 0.717) is 11.4 Å². The van der Waals surface area contributed by atoms with Gasteiger partial charge in [-0.3, -0.25) is 0 Å². The van der Waals surface area contributed by atoms with Gasteiger partial charge in [-0.05, 0) is 24.3 Å². The molecule has 0 aliphatic heterocycles. The molecule has 2 aromatic carbocycles. The average Bonchev–Trinajstić information content (AvgIpc) is 2.47. The van der Waals surface area contributed by atoms with E-state index < -0.39 is 9.84 Å². The van der Waals surface area contributed by atoms with Crippen LogP contribution in [-0.4, -0.2) is 22.6 Å². The molecule has 0 saturated carbocycles. The fourth-order valence-corrected chi connectivity index (χ4v) is 3.49. The number of sulfone groups is 1. The second kappa shape index (κ2) is 5.32. The first-order chi connectivity index (χ1) is 9.11. The highest BCUT2D eigenvalue weighted by Crippen LogP contribution is 2.32. The number of methoxy groups -OCH3 is 1. The maximum atomic E-state index is 12.7. The minimum atomic E-state index is -3.61. The lowest BCUT2D eigenvalue weighted by atomic mass is 10.3. The van der Waals surface area contributed by atoms with Crippen LogP contribution in [0.2, 0.25) is 0 Å². The molecule has 0 atom stereocenters. The summed E-state index contributed by atoms with van der Waals surface area (Å²) in [5, 5.41) is 2.89. The van der Waals surface area contributed by atoms with Crippen molar-refractivity contribution < 1.29 is 13.2 Å². The van der Waals surface area contributed by atoms with Gasteiger partial charge in [-0.2, -0.15) is 0 Å². The third kappa shape index (κ3) is 2.42. The van der Waals surface area contributed by atoms with Gasteiger partial charge in [0.15, 0.2) is 0 Å². The van der Waals surface area contributed by atoms with E-state index >= 15 is 0 Å². The molecule has 2 aromatic rings. The summed E-state index contributed by atoms with van der Waals surface area (Å²) in [5.74, 6) is 0.341. The van der Waals surface area contributed by atoms with Crippen molar-refractivity contribution in [2.24, 2.45) is 0 Å². The highest BCUT2D eigenvalue weighted by atomic mass is 32.2. The Kier molecular flexibility index (Phi) is 3.76. The van der Waals surface area contributed by atoms with Gasteiger partial charge in [0.1, 0.15) is 10.6 Å². The summed E-state index contributed by atoms with van der Waals surface area (Å²) in [6, 6.07) is 13.4. The van der Waals surface area contributed by atoms with Crippen molar-refractivity contribution in [1.82, 2.24) is 0 Å². The van der Waals surface area contributed by atoms with Gasteiger partial charge in [-0.15, -0.1) is 0 Å². The molecule has 0 saturated heterocycles. The normalized spacial score (nSPS) is 11.1. The number of hydrogen-bond donors (Lipinski definition) is 1. The van der Waals surface area contributed by atoms with Gasteiger partial charge in [-0.1, -0.05) is 24.3 Å². The van der Waals surface area contributed by atoms with E-state index in [2.05, 4.69) is 5.32 Å². The lowest BCUT2D eigenvalue weighted by molar-refractivity contribution is 0.402. The number of ether oxygens (including phenoxy) is 1. The van der Waals surface area contributed by atoms with E-state index in [1.807, 2.05) is 0 Å². The van der Waals surface area contributed by atoms with E-state index in [0.717, 1.165) is 0 Å².